The van der Waals surface area contributed by atoms with E-state index in [0.717, 1.165) is 5.56 Å². The van der Waals surface area contributed by atoms with E-state index < -0.39 is 0 Å². The van der Waals surface area contributed by atoms with E-state index in [2.05, 4.69) is 10.1 Å². The summed E-state index contributed by atoms with van der Waals surface area (Å²) >= 11 is 0. The molecule has 0 bridgehead atoms. The lowest BCUT2D eigenvalue weighted by molar-refractivity contribution is 0.819. The number of hydrogen-bond donors (Lipinski definition) is 1. The third-order valence-electron chi connectivity index (χ3n) is 3.01. The summed E-state index contributed by atoms with van der Waals surface area (Å²) in [6, 6.07) is 13.3. The highest BCUT2D eigenvalue weighted by molar-refractivity contribution is 5.62. The summed E-state index contributed by atoms with van der Waals surface area (Å²) in [6.45, 7) is 2.02. The number of benzene rings is 1. The topological polar surface area (TPSA) is 50.7 Å². The van der Waals surface area contributed by atoms with Crippen molar-refractivity contribution in [2.24, 2.45) is 0 Å². The molecule has 1 aromatic carbocycles. The van der Waals surface area contributed by atoms with Crippen LogP contribution in [0.15, 0.2) is 59.7 Å². The fourth-order valence-electron chi connectivity index (χ4n) is 1.97. The van der Waals surface area contributed by atoms with E-state index in [0.29, 0.717) is 11.4 Å². The molecule has 0 saturated heterocycles. The molecule has 94 valence electrons. The van der Waals surface area contributed by atoms with Crippen molar-refractivity contribution in [3.63, 3.8) is 0 Å². The van der Waals surface area contributed by atoms with Crippen LogP contribution in [0, 0.1) is 6.92 Å². The fourth-order valence-corrected chi connectivity index (χ4v) is 1.97. The Labute approximate surface area is 110 Å². The van der Waals surface area contributed by atoms with Crippen molar-refractivity contribution in [3.05, 3.63) is 70.8 Å². The van der Waals surface area contributed by atoms with Gasteiger partial charge in [-0.3, -0.25) is 9.89 Å². The molecule has 3 rings (SSSR count). The second kappa shape index (κ2) is 4.57. The number of aromatic nitrogens is 3. The SMILES string of the molecule is Cc1ccc(-c2c[nH]n(-c3ccccn3)c2=O)cc1. The zero-order chi connectivity index (χ0) is 13.2. The Morgan fingerprint density at radius 3 is 2.58 bits per heavy atom. The molecule has 19 heavy (non-hydrogen) atoms. The first-order chi connectivity index (χ1) is 9.25. The summed E-state index contributed by atoms with van der Waals surface area (Å²) in [4.78, 5) is 16.5. The van der Waals surface area contributed by atoms with E-state index in [-0.39, 0.29) is 5.56 Å². The number of aryl methyl sites for hydroxylation is 1. The molecule has 2 aromatic heterocycles. The van der Waals surface area contributed by atoms with Gasteiger partial charge in [-0.25, -0.2) is 9.67 Å². The van der Waals surface area contributed by atoms with Crippen LogP contribution in [0.2, 0.25) is 0 Å². The maximum Gasteiger partial charge on any atom is 0.280 e. The average molecular weight is 251 g/mol. The normalized spacial score (nSPS) is 10.6. The van der Waals surface area contributed by atoms with E-state index in [1.54, 1.807) is 18.5 Å². The Bertz CT molecular complexity index is 739. The molecule has 0 aliphatic heterocycles. The van der Waals surface area contributed by atoms with Gasteiger partial charge in [-0.2, -0.15) is 0 Å². The molecule has 0 aliphatic carbocycles. The zero-order valence-corrected chi connectivity index (χ0v) is 10.5. The lowest BCUT2D eigenvalue weighted by atomic mass is 10.1. The van der Waals surface area contributed by atoms with Crippen molar-refractivity contribution in [1.82, 2.24) is 14.8 Å². The van der Waals surface area contributed by atoms with Gasteiger partial charge in [0.05, 0.1) is 5.56 Å². The molecule has 0 saturated carbocycles. The molecular formula is C15H13N3O. The standard InChI is InChI=1S/C15H13N3O/c1-11-5-7-12(8-6-11)13-10-17-18(15(13)19)14-4-2-3-9-16-14/h2-10,17H,1H3. The molecule has 0 atom stereocenters. The van der Waals surface area contributed by atoms with Gasteiger partial charge in [0.1, 0.15) is 0 Å². The Balaban J connectivity index is 2.09. The maximum atomic E-state index is 12.3. The van der Waals surface area contributed by atoms with Gasteiger partial charge in [0.15, 0.2) is 5.82 Å². The van der Waals surface area contributed by atoms with Crippen LogP contribution in [-0.2, 0) is 0 Å². The second-order valence-corrected chi connectivity index (χ2v) is 4.38. The quantitative estimate of drug-likeness (QED) is 0.761. The molecule has 2 heterocycles. The molecule has 0 amide bonds. The van der Waals surface area contributed by atoms with E-state index in [9.17, 15) is 4.79 Å². The predicted octanol–water partition coefficient (Wildman–Crippen LogP) is 2.54. The first-order valence-electron chi connectivity index (χ1n) is 6.04. The van der Waals surface area contributed by atoms with Gasteiger partial charge in [-0.05, 0) is 24.6 Å². The van der Waals surface area contributed by atoms with Gasteiger partial charge in [-0.1, -0.05) is 35.9 Å². The number of nitrogens with one attached hydrogen (secondary N) is 1. The molecule has 0 spiro atoms. The van der Waals surface area contributed by atoms with Crippen molar-refractivity contribution < 1.29 is 0 Å². The Kier molecular flexibility index (Phi) is 2.76. The highest BCUT2D eigenvalue weighted by Gasteiger charge is 2.09. The van der Waals surface area contributed by atoms with Crippen LogP contribution >= 0.6 is 0 Å². The van der Waals surface area contributed by atoms with Crippen LogP contribution in [0.25, 0.3) is 16.9 Å². The van der Waals surface area contributed by atoms with Crippen molar-refractivity contribution in [3.8, 4) is 16.9 Å². The van der Waals surface area contributed by atoms with Gasteiger partial charge < -0.3 is 0 Å². The lowest BCUT2D eigenvalue weighted by Gasteiger charge is -1.99. The summed E-state index contributed by atoms with van der Waals surface area (Å²) in [5.41, 5.74) is 2.62. The second-order valence-electron chi connectivity index (χ2n) is 4.38. The van der Waals surface area contributed by atoms with Gasteiger partial charge in [0, 0.05) is 12.4 Å². The third kappa shape index (κ3) is 2.08. The van der Waals surface area contributed by atoms with Crippen LogP contribution in [0.5, 0.6) is 0 Å². The number of rotatable bonds is 2. The van der Waals surface area contributed by atoms with Crippen molar-refractivity contribution in [1.29, 1.82) is 0 Å². The Morgan fingerprint density at radius 2 is 1.89 bits per heavy atom. The Hall–Kier alpha value is -2.62. The largest absolute Gasteiger partial charge is 0.296 e. The fraction of sp³-hybridized carbons (Fsp3) is 0.0667. The van der Waals surface area contributed by atoms with Gasteiger partial charge in [0.25, 0.3) is 5.56 Å². The van der Waals surface area contributed by atoms with Crippen LogP contribution in [0.3, 0.4) is 0 Å². The molecule has 4 nitrogen and oxygen atoms in total. The zero-order valence-electron chi connectivity index (χ0n) is 10.5. The highest BCUT2D eigenvalue weighted by Crippen LogP contribution is 2.15. The number of H-pyrrole nitrogens is 1. The summed E-state index contributed by atoms with van der Waals surface area (Å²) in [7, 11) is 0. The highest BCUT2D eigenvalue weighted by atomic mass is 16.1. The molecule has 1 N–H and O–H groups in total. The van der Waals surface area contributed by atoms with E-state index in [1.807, 2.05) is 43.3 Å². The first-order valence-corrected chi connectivity index (χ1v) is 6.04. The maximum absolute atomic E-state index is 12.3. The molecule has 3 aromatic rings. The van der Waals surface area contributed by atoms with E-state index in [1.165, 1.54) is 10.2 Å². The number of aromatic amines is 1. The van der Waals surface area contributed by atoms with Crippen LogP contribution in [0.1, 0.15) is 5.56 Å². The van der Waals surface area contributed by atoms with Crippen molar-refractivity contribution in [2.75, 3.05) is 0 Å². The summed E-state index contributed by atoms with van der Waals surface area (Å²) in [6.07, 6.45) is 3.37. The van der Waals surface area contributed by atoms with Gasteiger partial charge >= 0.3 is 0 Å². The first kappa shape index (κ1) is 11.5. The predicted molar refractivity (Wildman–Crippen MR) is 74.4 cm³/mol. The minimum absolute atomic E-state index is 0.0949. The van der Waals surface area contributed by atoms with E-state index in [4.69, 9.17) is 0 Å². The van der Waals surface area contributed by atoms with Crippen LogP contribution < -0.4 is 5.56 Å². The molecule has 0 unspecified atom stereocenters. The average Bonchev–Trinajstić information content (AvgIpc) is 2.83. The molecule has 0 aliphatic rings. The molecule has 0 radical (unpaired) electrons. The van der Waals surface area contributed by atoms with Crippen LogP contribution in [0.4, 0.5) is 0 Å². The van der Waals surface area contributed by atoms with Crippen molar-refractivity contribution in [2.45, 2.75) is 6.92 Å². The summed E-state index contributed by atoms with van der Waals surface area (Å²) < 4.78 is 1.44. The number of nitrogens with zero attached hydrogens (tertiary/aromatic N) is 2. The minimum atomic E-state index is -0.0949. The molecule has 4 heteroatoms. The van der Waals surface area contributed by atoms with Crippen LogP contribution in [-0.4, -0.2) is 14.8 Å². The molecule has 0 fully saturated rings. The van der Waals surface area contributed by atoms with Gasteiger partial charge in [0.2, 0.25) is 0 Å². The monoisotopic (exact) mass is 251 g/mol. The minimum Gasteiger partial charge on any atom is -0.296 e. The lowest BCUT2D eigenvalue weighted by Crippen LogP contribution is -2.16. The smallest absolute Gasteiger partial charge is 0.280 e. The summed E-state index contributed by atoms with van der Waals surface area (Å²) in [5.74, 6) is 0.589. The van der Waals surface area contributed by atoms with Gasteiger partial charge in [-0.15, -0.1) is 0 Å². The number of pyridine rings is 1. The number of hydrogen-bond acceptors (Lipinski definition) is 2. The van der Waals surface area contributed by atoms with E-state index >= 15 is 0 Å². The Morgan fingerprint density at radius 1 is 1.11 bits per heavy atom. The van der Waals surface area contributed by atoms with Crippen molar-refractivity contribution >= 4 is 0 Å². The third-order valence-corrected chi connectivity index (χ3v) is 3.01. The summed E-state index contributed by atoms with van der Waals surface area (Å²) in [5, 5.41) is 2.95. The molecular weight excluding hydrogens is 238 g/mol.